The molecule has 0 aromatic heterocycles. The van der Waals surface area contributed by atoms with Crippen molar-refractivity contribution in [1.82, 2.24) is 10.2 Å². The van der Waals surface area contributed by atoms with Crippen LogP contribution in [0.4, 0.5) is 0 Å². The van der Waals surface area contributed by atoms with Crippen LogP contribution in [0.3, 0.4) is 0 Å². The quantitative estimate of drug-likeness (QED) is 0.484. The fourth-order valence-corrected chi connectivity index (χ4v) is 7.35. The Bertz CT molecular complexity index is 899. The second-order valence-corrected chi connectivity index (χ2v) is 13.0. The zero-order valence-electron chi connectivity index (χ0n) is 21.4. The van der Waals surface area contributed by atoms with Gasteiger partial charge >= 0.3 is 0 Å². The predicted octanol–water partition coefficient (Wildman–Crippen LogP) is 1.89. The highest BCUT2D eigenvalue weighted by atomic mass is 16.2. The van der Waals surface area contributed by atoms with Crippen LogP contribution in [0.1, 0.15) is 86.0 Å². The second kappa shape index (κ2) is 8.04. The Hall–Kier alpha value is -1.96. The predicted molar refractivity (Wildman–Crippen MR) is 128 cm³/mol. The number of hydrogen-bond acceptors (Lipinski definition) is 5. The van der Waals surface area contributed by atoms with E-state index in [4.69, 9.17) is 11.5 Å². The average Bonchev–Trinajstić information content (AvgIpc) is 2.94. The van der Waals surface area contributed by atoms with Gasteiger partial charge in [0.05, 0.1) is 12.1 Å². The highest BCUT2D eigenvalue weighted by Crippen LogP contribution is 2.88. The van der Waals surface area contributed by atoms with Crippen LogP contribution >= 0.6 is 0 Å². The molecule has 0 bridgehead atoms. The Kier molecular flexibility index (Phi) is 5.94. The lowest BCUT2D eigenvalue weighted by molar-refractivity contribution is -0.143. The summed E-state index contributed by atoms with van der Waals surface area (Å²) >= 11 is 0. The molecule has 1 heterocycles. The zero-order chi connectivity index (χ0) is 25.3. The van der Waals surface area contributed by atoms with Gasteiger partial charge in [0, 0.05) is 12.0 Å². The van der Waals surface area contributed by atoms with Crippen LogP contribution < -0.4 is 16.8 Å². The highest BCUT2D eigenvalue weighted by Gasteiger charge is 2.85. The van der Waals surface area contributed by atoms with Crippen molar-refractivity contribution in [2.45, 2.75) is 104 Å². The second-order valence-electron chi connectivity index (χ2n) is 13.0. The molecule has 3 aliphatic carbocycles. The van der Waals surface area contributed by atoms with Crippen LogP contribution in [0.5, 0.6) is 0 Å². The van der Waals surface area contributed by atoms with E-state index in [1.807, 2.05) is 20.8 Å². The van der Waals surface area contributed by atoms with Gasteiger partial charge in [0.15, 0.2) is 0 Å². The maximum atomic E-state index is 13.7. The van der Waals surface area contributed by atoms with Gasteiger partial charge in [0.25, 0.3) is 5.91 Å². The summed E-state index contributed by atoms with van der Waals surface area (Å²) in [5.74, 6) is -2.09. The lowest BCUT2D eigenvalue weighted by Gasteiger charge is -2.34. The largest absolute Gasteiger partial charge is 0.363 e. The molecule has 8 nitrogen and oxygen atoms in total. The fraction of sp³-hybridized carbons (Fsp3) is 0.846. The Morgan fingerprint density at radius 3 is 2.09 bits per heavy atom. The number of nitrogens with two attached hydrogens (primary N) is 2. The maximum absolute atomic E-state index is 13.7. The van der Waals surface area contributed by atoms with E-state index in [0.29, 0.717) is 25.3 Å². The van der Waals surface area contributed by atoms with E-state index < -0.39 is 35.2 Å². The third-order valence-electron chi connectivity index (χ3n) is 10.3. The number of primary amides is 1. The van der Waals surface area contributed by atoms with Gasteiger partial charge in [-0.1, -0.05) is 60.3 Å². The van der Waals surface area contributed by atoms with E-state index in [-0.39, 0.29) is 28.1 Å². The van der Waals surface area contributed by atoms with Gasteiger partial charge in [-0.15, -0.1) is 0 Å². The molecule has 4 aliphatic rings. The number of Topliss-reactive ketones (excluding diaryl/α,β-unsaturated/α-hetero) is 1. The Morgan fingerprint density at radius 2 is 1.68 bits per heavy atom. The molecule has 4 atom stereocenters. The number of carbonyl (C=O) groups excluding carboxylic acids is 4. The number of nitrogens with zero attached hydrogens (tertiary/aromatic N) is 1. The molecule has 1 aliphatic heterocycles. The molecule has 0 aromatic rings. The van der Waals surface area contributed by atoms with E-state index in [2.05, 4.69) is 19.2 Å². The van der Waals surface area contributed by atoms with Crippen molar-refractivity contribution in [3.05, 3.63) is 0 Å². The van der Waals surface area contributed by atoms with Gasteiger partial charge < -0.3 is 21.7 Å². The molecule has 3 amide bonds. The lowest BCUT2D eigenvalue weighted by atomic mass is 9.73. The molecule has 0 aromatic carbocycles. The first-order valence-corrected chi connectivity index (χ1v) is 12.9. The smallest absolute Gasteiger partial charge is 0.287 e. The topological polar surface area (TPSA) is 136 Å². The molecule has 4 rings (SSSR count). The summed E-state index contributed by atoms with van der Waals surface area (Å²) in [5, 5.41) is 2.83. The summed E-state index contributed by atoms with van der Waals surface area (Å²) in [6.07, 6.45) is 7.43. The fourth-order valence-electron chi connectivity index (χ4n) is 7.35. The van der Waals surface area contributed by atoms with E-state index in [9.17, 15) is 19.2 Å². The number of fused-ring (bicyclic) bond motifs is 1. The van der Waals surface area contributed by atoms with Gasteiger partial charge in [-0.25, -0.2) is 0 Å². The first-order valence-electron chi connectivity index (χ1n) is 12.9. The van der Waals surface area contributed by atoms with Gasteiger partial charge in [0.2, 0.25) is 17.6 Å². The van der Waals surface area contributed by atoms with Crippen LogP contribution in [0.25, 0.3) is 0 Å². The standard InChI is InChI=1S/C26H42N4O4/c1-23(2,3)19(27)22(34)30-14-26(24(4,5)25(26)10-7-11-25)13-17(30)21(33)29-16(18(31)20(28)32)12-15-8-6-9-15/h15-17,19H,6-14,27H2,1-5H3,(H2,28,32)(H,29,33)/t16?,17-,19-,26+/m0/s1. The third kappa shape index (κ3) is 3.50. The molecule has 0 radical (unpaired) electrons. The summed E-state index contributed by atoms with van der Waals surface area (Å²) in [6, 6.07) is -2.38. The minimum absolute atomic E-state index is 0.0337. The van der Waals surface area contributed by atoms with Gasteiger partial charge in [-0.05, 0) is 47.8 Å². The Balaban J connectivity index is 1.60. The van der Waals surface area contributed by atoms with E-state index in [0.717, 1.165) is 32.1 Å². The molecule has 3 saturated carbocycles. The summed E-state index contributed by atoms with van der Waals surface area (Å²) in [4.78, 5) is 53.1. The Morgan fingerprint density at radius 1 is 1.06 bits per heavy atom. The van der Waals surface area contributed by atoms with Crippen molar-refractivity contribution in [1.29, 1.82) is 0 Å². The lowest BCUT2D eigenvalue weighted by Crippen LogP contribution is -2.57. The third-order valence-corrected chi connectivity index (χ3v) is 10.3. The molecule has 4 fully saturated rings. The van der Waals surface area contributed by atoms with Crippen LogP contribution in [0.2, 0.25) is 0 Å². The molecule has 1 unspecified atom stereocenters. The number of ketones is 1. The van der Waals surface area contributed by atoms with Crippen LogP contribution in [0.15, 0.2) is 0 Å². The van der Waals surface area contributed by atoms with Crippen LogP contribution in [-0.2, 0) is 19.2 Å². The minimum Gasteiger partial charge on any atom is -0.363 e. The van der Waals surface area contributed by atoms with Crippen LogP contribution in [-0.4, -0.2) is 53.1 Å². The average molecular weight is 475 g/mol. The Labute approximate surface area is 202 Å². The first-order chi connectivity index (χ1) is 15.7. The zero-order valence-corrected chi connectivity index (χ0v) is 21.4. The molecule has 2 spiro atoms. The van der Waals surface area contributed by atoms with Gasteiger partial charge in [-0.2, -0.15) is 0 Å². The number of carbonyl (C=O) groups is 4. The molecular formula is C26H42N4O4. The monoisotopic (exact) mass is 474 g/mol. The maximum Gasteiger partial charge on any atom is 0.287 e. The molecule has 190 valence electrons. The number of likely N-dealkylation sites (tertiary alicyclic amines) is 1. The number of amides is 3. The van der Waals surface area contributed by atoms with Crippen molar-refractivity contribution < 1.29 is 19.2 Å². The van der Waals surface area contributed by atoms with Crippen LogP contribution in [0, 0.1) is 27.6 Å². The van der Waals surface area contributed by atoms with Crippen molar-refractivity contribution >= 4 is 23.5 Å². The van der Waals surface area contributed by atoms with Crippen molar-refractivity contribution in [2.24, 2.45) is 39.0 Å². The number of hydrogen-bond donors (Lipinski definition) is 3. The number of nitrogens with one attached hydrogen (secondary N) is 1. The molecule has 8 heteroatoms. The van der Waals surface area contributed by atoms with Gasteiger partial charge in [0.1, 0.15) is 6.04 Å². The molecule has 1 saturated heterocycles. The molecular weight excluding hydrogens is 432 g/mol. The summed E-state index contributed by atoms with van der Waals surface area (Å²) < 4.78 is 0. The SMILES string of the molecule is CC(C)(C)[C@@H](N)C(=O)N1C[C@]2(C[C@H]1C(=O)NC(CC1CCC1)C(=O)C(N)=O)C(C)(C)C21CCC1. The summed E-state index contributed by atoms with van der Waals surface area (Å²) in [6.45, 7) is 10.8. The normalized spacial score (nSPS) is 30.9. The molecule has 34 heavy (non-hydrogen) atoms. The minimum atomic E-state index is -1.04. The van der Waals surface area contributed by atoms with E-state index in [1.165, 1.54) is 6.42 Å². The van der Waals surface area contributed by atoms with E-state index >= 15 is 0 Å². The number of rotatable bonds is 7. The summed E-state index contributed by atoms with van der Waals surface area (Å²) in [5.41, 5.74) is 11.3. The highest BCUT2D eigenvalue weighted by molar-refractivity contribution is 6.37. The van der Waals surface area contributed by atoms with E-state index in [1.54, 1.807) is 4.90 Å². The van der Waals surface area contributed by atoms with Crippen molar-refractivity contribution in [2.75, 3.05) is 6.54 Å². The van der Waals surface area contributed by atoms with Crippen molar-refractivity contribution in [3.63, 3.8) is 0 Å². The summed E-state index contributed by atoms with van der Waals surface area (Å²) in [7, 11) is 0. The first kappa shape index (κ1) is 25.1. The van der Waals surface area contributed by atoms with Crippen molar-refractivity contribution in [3.8, 4) is 0 Å². The van der Waals surface area contributed by atoms with Gasteiger partial charge in [-0.3, -0.25) is 19.2 Å². The molecule has 5 N–H and O–H groups in total.